The fourth-order valence-electron chi connectivity index (χ4n) is 3.96. The molecule has 40 heavy (non-hydrogen) atoms. The van der Waals surface area contributed by atoms with Gasteiger partial charge in [0, 0.05) is 13.1 Å². The van der Waals surface area contributed by atoms with Crippen LogP contribution < -0.4 is 49.8 Å². The van der Waals surface area contributed by atoms with Crippen LogP contribution in [0, 0.1) is 0 Å². The maximum Gasteiger partial charge on any atom is 0.490 e. The first-order valence-corrected chi connectivity index (χ1v) is 14.6. The monoisotopic (exact) mass is 586 g/mol. The van der Waals surface area contributed by atoms with Crippen molar-refractivity contribution in [2.24, 2.45) is 5.73 Å². The van der Waals surface area contributed by atoms with Crippen LogP contribution in [0.5, 0.6) is 0 Å². The van der Waals surface area contributed by atoms with E-state index in [0.29, 0.717) is 0 Å². The van der Waals surface area contributed by atoms with E-state index in [-0.39, 0.29) is 0 Å². The van der Waals surface area contributed by atoms with Crippen LogP contribution in [0.3, 0.4) is 0 Å². The molecule has 0 saturated carbocycles. The largest absolute Gasteiger partial charge is 0.490 e. The number of hydrogen-bond acceptors (Lipinski definition) is 10. The fraction of sp³-hybridized carbons (Fsp3) is 0.917. The Labute approximate surface area is 236 Å². The normalized spacial score (nSPS) is 20.8. The molecule has 1 heterocycles. The molecule has 1 saturated heterocycles. The number of nitrogens with one attached hydrogen (secondary N) is 8. The van der Waals surface area contributed by atoms with Crippen molar-refractivity contribution < 1.29 is 27.9 Å². The first-order chi connectivity index (χ1) is 19.2. The molecule has 1 fully saturated rings. The number of carbonyl (C=O) groups is 2. The summed E-state index contributed by atoms with van der Waals surface area (Å²) < 4.78 is 31.7. The molecule has 2 amide bonds. The smallest absolute Gasteiger partial charge is 0.475 e. The van der Waals surface area contributed by atoms with E-state index < -0.39 is 18.2 Å². The first-order valence-electron chi connectivity index (χ1n) is 14.6. The molecule has 1 rings (SSSR count). The highest BCUT2D eigenvalue weighted by atomic mass is 19.4. The molecule has 1 aliphatic rings. The molecule has 238 valence electrons. The third-order valence-corrected chi connectivity index (χ3v) is 6.20. The van der Waals surface area contributed by atoms with Crippen LogP contribution in [-0.2, 0) is 4.79 Å². The lowest BCUT2D eigenvalue weighted by Crippen LogP contribution is -2.67. The molecule has 0 spiro atoms. The predicted octanol–water partition coefficient (Wildman–Crippen LogP) is 3.46. The number of urea groups is 1. The van der Waals surface area contributed by atoms with Crippen LogP contribution in [0.25, 0.3) is 0 Å². The Balaban J connectivity index is 0.00000191. The number of hydrogen-bond donors (Lipinski definition) is 10. The third kappa shape index (κ3) is 27.8. The van der Waals surface area contributed by atoms with E-state index in [1.54, 1.807) is 0 Å². The molecule has 0 aromatic rings. The van der Waals surface area contributed by atoms with Crippen molar-refractivity contribution in [3.8, 4) is 0 Å². The fourth-order valence-corrected chi connectivity index (χ4v) is 3.96. The second-order valence-electron chi connectivity index (χ2n) is 9.77. The SMILES string of the molecule is NC(=O)N1NNCCCCCCCCCCCCCCCCCCCCCNNNNNN1.O=C(O)C(F)(F)F. The van der Waals surface area contributed by atoms with Gasteiger partial charge in [0.05, 0.1) is 0 Å². The van der Waals surface area contributed by atoms with Gasteiger partial charge >= 0.3 is 18.2 Å². The molecule has 0 aliphatic carbocycles. The Kier molecular flexibility index (Phi) is 26.2. The zero-order chi connectivity index (χ0) is 29.7. The maximum atomic E-state index is 11.5. The van der Waals surface area contributed by atoms with Crippen molar-refractivity contribution in [2.75, 3.05) is 13.1 Å². The molecule has 11 N–H and O–H groups in total. The van der Waals surface area contributed by atoms with Crippen LogP contribution in [-0.4, -0.2) is 41.5 Å². The Morgan fingerprint density at radius 3 is 1.23 bits per heavy atom. The van der Waals surface area contributed by atoms with Crippen LogP contribution in [0.15, 0.2) is 0 Å². The summed E-state index contributed by atoms with van der Waals surface area (Å²) in [6.07, 6.45) is 20.1. The third-order valence-electron chi connectivity index (χ3n) is 6.20. The topological polar surface area (TPSA) is 180 Å². The number of carbonyl (C=O) groups excluding carboxylic acids is 1. The van der Waals surface area contributed by atoms with E-state index in [9.17, 15) is 18.0 Å². The van der Waals surface area contributed by atoms with Crippen molar-refractivity contribution in [3.63, 3.8) is 0 Å². The molecule has 0 aromatic carbocycles. The van der Waals surface area contributed by atoms with Gasteiger partial charge in [-0.25, -0.2) is 20.4 Å². The number of aliphatic carboxylic acids is 1. The van der Waals surface area contributed by atoms with E-state index in [0.717, 1.165) is 31.0 Å². The summed E-state index contributed by atoms with van der Waals surface area (Å²) in [5.41, 5.74) is 27.5. The number of halogens is 3. The van der Waals surface area contributed by atoms with Crippen LogP contribution >= 0.6 is 0 Å². The highest BCUT2D eigenvalue weighted by molar-refractivity contribution is 5.73. The van der Waals surface area contributed by atoms with Gasteiger partial charge < -0.3 is 10.8 Å². The average molecular weight is 587 g/mol. The lowest BCUT2D eigenvalue weighted by molar-refractivity contribution is -0.192. The number of amides is 2. The number of nitrogens with two attached hydrogens (primary N) is 1. The summed E-state index contributed by atoms with van der Waals surface area (Å²) in [5, 5.41) is 8.14. The first kappa shape index (κ1) is 38.2. The summed E-state index contributed by atoms with van der Waals surface area (Å²) in [6, 6.07) is -0.672. The van der Waals surface area contributed by atoms with Crippen LogP contribution in [0.1, 0.15) is 122 Å². The molecular weight excluding hydrogens is 533 g/mol. The summed E-state index contributed by atoms with van der Waals surface area (Å²) in [7, 11) is 0. The lowest BCUT2D eigenvalue weighted by Gasteiger charge is -2.22. The molecular formula is C24H53F3N10O3. The van der Waals surface area contributed by atoms with Gasteiger partial charge in [-0.2, -0.15) is 40.4 Å². The summed E-state index contributed by atoms with van der Waals surface area (Å²) >= 11 is 0. The summed E-state index contributed by atoms with van der Waals surface area (Å²) in [5.74, 6) is -2.76. The van der Waals surface area contributed by atoms with Gasteiger partial charge in [0.1, 0.15) is 0 Å². The van der Waals surface area contributed by atoms with E-state index in [2.05, 4.69) is 44.1 Å². The van der Waals surface area contributed by atoms with Crippen molar-refractivity contribution in [2.45, 2.75) is 128 Å². The highest BCUT2D eigenvalue weighted by Crippen LogP contribution is 2.15. The number of rotatable bonds is 0. The lowest BCUT2D eigenvalue weighted by atomic mass is 10.0. The number of primary amides is 1. The van der Waals surface area contributed by atoms with Gasteiger partial charge in [0.15, 0.2) is 0 Å². The zero-order valence-electron chi connectivity index (χ0n) is 23.8. The van der Waals surface area contributed by atoms with E-state index >= 15 is 0 Å². The predicted molar refractivity (Wildman–Crippen MR) is 148 cm³/mol. The van der Waals surface area contributed by atoms with Gasteiger partial charge in [0.25, 0.3) is 0 Å². The quantitative estimate of drug-likeness (QED) is 0.201. The number of hydrazine groups is 8. The van der Waals surface area contributed by atoms with Gasteiger partial charge in [0.2, 0.25) is 0 Å². The molecule has 0 bridgehead atoms. The van der Waals surface area contributed by atoms with Gasteiger partial charge in [-0.05, 0) is 12.8 Å². The number of carboxylic acid groups (broad SMARTS) is 1. The second-order valence-corrected chi connectivity index (χ2v) is 9.77. The van der Waals surface area contributed by atoms with Crippen LogP contribution in [0.4, 0.5) is 18.0 Å². The highest BCUT2D eigenvalue weighted by Gasteiger charge is 2.38. The Hall–Kier alpha value is -1.79. The number of carboxylic acids is 1. The van der Waals surface area contributed by atoms with Crippen molar-refractivity contribution in [1.29, 1.82) is 0 Å². The van der Waals surface area contributed by atoms with Gasteiger partial charge in [-0.15, -0.1) is 11.1 Å². The number of alkyl halides is 3. The van der Waals surface area contributed by atoms with Gasteiger partial charge in [-0.3, -0.25) is 0 Å². The Morgan fingerprint density at radius 2 is 0.875 bits per heavy atom. The minimum atomic E-state index is -5.08. The van der Waals surface area contributed by atoms with E-state index in [4.69, 9.17) is 15.6 Å². The molecule has 1 aliphatic heterocycles. The molecule has 0 aromatic heterocycles. The zero-order valence-corrected chi connectivity index (χ0v) is 23.8. The van der Waals surface area contributed by atoms with Crippen molar-refractivity contribution in [1.82, 2.24) is 49.2 Å². The molecule has 0 atom stereocenters. The summed E-state index contributed by atoms with van der Waals surface area (Å²) in [6.45, 7) is 1.63. The summed E-state index contributed by atoms with van der Waals surface area (Å²) in [4.78, 5) is 20.3. The minimum Gasteiger partial charge on any atom is -0.475 e. The Bertz CT molecular complexity index is 577. The molecule has 0 unspecified atom stereocenters. The maximum absolute atomic E-state index is 11.5. The molecule has 13 nitrogen and oxygen atoms in total. The number of nitrogens with zero attached hydrogens (tertiary/aromatic N) is 1. The van der Waals surface area contributed by atoms with Crippen molar-refractivity contribution in [3.05, 3.63) is 0 Å². The van der Waals surface area contributed by atoms with Crippen molar-refractivity contribution >= 4 is 12.0 Å². The standard InChI is InChI=1S/C22H52N10O.C2HF3O2/c23-22(33)32-30-25-21-19-17-15-13-11-9-7-5-3-1-2-4-6-8-10-12-14-16-18-20-24-26-27-28-29-31-32;3-2(4,5)1(6)7/h24-31H,1-21H2,(H2,23,33);(H,6,7). The van der Waals surface area contributed by atoms with Crippen LogP contribution in [0.2, 0.25) is 0 Å². The average Bonchev–Trinajstić information content (AvgIpc) is 2.90. The molecule has 0 radical (unpaired) electrons. The van der Waals surface area contributed by atoms with Gasteiger partial charge in [-0.1, -0.05) is 109 Å². The second kappa shape index (κ2) is 27.4. The Morgan fingerprint density at radius 1 is 0.550 bits per heavy atom. The minimum absolute atomic E-state index is 0.672. The van der Waals surface area contributed by atoms with E-state index in [1.807, 2.05) is 0 Å². The molecule has 16 heteroatoms. The van der Waals surface area contributed by atoms with E-state index in [1.165, 1.54) is 109 Å².